The third-order valence-corrected chi connectivity index (χ3v) is 5.90. The van der Waals surface area contributed by atoms with Gasteiger partial charge in [-0.15, -0.1) is 0 Å². The van der Waals surface area contributed by atoms with Crippen LogP contribution in [0, 0.1) is 5.92 Å². The zero-order valence-electron chi connectivity index (χ0n) is 15.9. The molecule has 2 rings (SSSR count). The maximum atomic E-state index is 12.7. The number of hydrogen-bond acceptors (Lipinski definition) is 5. The molecule has 0 aliphatic rings. The summed E-state index contributed by atoms with van der Waals surface area (Å²) in [6, 6.07) is 7.50. The van der Waals surface area contributed by atoms with Crippen molar-refractivity contribution in [2.75, 3.05) is 19.6 Å². The van der Waals surface area contributed by atoms with Crippen molar-refractivity contribution in [3.05, 3.63) is 40.8 Å². The highest BCUT2D eigenvalue weighted by atomic mass is 32.2. The van der Waals surface area contributed by atoms with Gasteiger partial charge >= 0.3 is 5.63 Å². The van der Waals surface area contributed by atoms with Gasteiger partial charge in [0.2, 0.25) is 10.0 Å². The second-order valence-corrected chi connectivity index (χ2v) is 8.58. The smallest absolute Gasteiger partial charge is 0.336 e. The van der Waals surface area contributed by atoms with E-state index >= 15 is 0 Å². The van der Waals surface area contributed by atoms with Crippen LogP contribution in [-0.4, -0.2) is 39.0 Å². The summed E-state index contributed by atoms with van der Waals surface area (Å²) < 4.78 is 33.2. The molecule has 1 atom stereocenters. The Balaban J connectivity index is 2.20. The van der Waals surface area contributed by atoms with Crippen molar-refractivity contribution in [2.24, 2.45) is 5.92 Å². The van der Waals surface area contributed by atoms with Crippen LogP contribution in [0.2, 0.25) is 0 Å². The lowest BCUT2D eigenvalue weighted by Crippen LogP contribution is -2.44. The van der Waals surface area contributed by atoms with Gasteiger partial charge in [-0.25, -0.2) is 17.9 Å². The minimum Gasteiger partial charge on any atom is -0.423 e. The van der Waals surface area contributed by atoms with Gasteiger partial charge < -0.3 is 4.42 Å². The van der Waals surface area contributed by atoms with E-state index in [9.17, 15) is 13.2 Å². The van der Waals surface area contributed by atoms with Crippen molar-refractivity contribution in [2.45, 2.75) is 45.1 Å². The number of nitrogens with zero attached hydrogens (tertiary/aromatic N) is 1. The molecule has 0 spiro atoms. The molecule has 0 aliphatic heterocycles. The van der Waals surface area contributed by atoms with Crippen LogP contribution in [0.25, 0.3) is 11.0 Å². The van der Waals surface area contributed by atoms with Crippen LogP contribution in [0.1, 0.15) is 34.1 Å². The Bertz CT molecular complexity index is 886. The van der Waals surface area contributed by atoms with Gasteiger partial charge in [0.25, 0.3) is 0 Å². The first-order valence-electron chi connectivity index (χ1n) is 9.04. The van der Waals surface area contributed by atoms with Gasteiger partial charge in [0, 0.05) is 24.0 Å². The topological polar surface area (TPSA) is 79.6 Å². The number of fused-ring (bicyclic) bond motifs is 1. The molecule has 0 saturated heterocycles. The predicted octanol–water partition coefficient (Wildman–Crippen LogP) is 2.83. The lowest BCUT2D eigenvalue weighted by atomic mass is 10.0. The first-order chi connectivity index (χ1) is 12.3. The van der Waals surface area contributed by atoms with Crippen molar-refractivity contribution < 1.29 is 12.8 Å². The minimum absolute atomic E-state index is 0.151. The van der Waals surface area contributed by atoms with Crippen molar-refractivity contribution in [3.63, 3.8) is 0 Å². The summed E-state index contributed by atoms with van der Waals surface area (Å²) in [7, 11) is -3.64. The molecule has 1 aromatic heterocycles. The second kappa shape index (κ2) is 8.79. The highest BCUT2D eigenvalue weighted by Gasteiger charge is 2.21. The van der Waals surface area contributed by atoms with Gasteiger partial charge in [-0.2, -0.15) is 0 Å². The van der Waals surface area contributed by atoms with E-state index in [1.165, 1.54) is 24.3 Å². The lowest BCUT2D eigenvalue weighted by molar-refractivity contribution is 0.192. The van der Waals surface area contributed by atoms with Gasteiger partial charge in [0.15, 0.2) is 0 Å². The third kappa shape index (κ3) is 5.16. The van der Waals surface area contributed by atoms with Crippen LogP contribution < -0.4 is 10.3 Å². The fraction of sp³-hybridized carbons (Fsp3) is 0.526. The van der Waals surface area contributed by atoms with E-state index in [0.29, 0.717) is 23.4 Å². The van der Waals surface area contributed by atoms with Crippen LogP contribution in [0.5, 0.6) is 0 Å². The number of sulfonamides is 1. The van der Waals surface area contributed by atoms with Gasteiger partial charge in [-0.1, -0.05) is 27.7 Å². The molecule has 0 amide bonds. The third-order valence-electron chi connectivity index (χ3n) is 4.48. The molecule has 0 aliphatic carbocycles. The summed E-state index contributed by atoms with van der Waals surface area (Å²) >= 11 is 0. The van der Waals surface area contributed by atoms with E-state index in [2.05, 4.69) is 37.3 Å². The molecule has 0 bridgehead atoms. The molecule has 144 valence electrons. The first-order valence-corrected chi connectivity index (χ1v) is 10.5. The SMILES string of the molecule is CCN(CC)C(CNS(=O)(=O)c1ccc2oc(=O)ccc2c1)CC(C)C. The molecule has 0 radical (unpaired) electrons. The van der Waals surface area contributed by atoms with E-state index in [-0.39, 0.29) is 10.9 Å². The first kappa shape index (κ1) is 20.6. The number of likely N-dealkylation sites (N-methyl/N-ethyl adjacent to an activating group) is 1. The largest absolute Gasteiger partial charge is 0.423 e. The van der Waals surface area contributed by atoms with Crippen LogP contribution in [0.15, 0.2) is 44.4 Å². The molecule has 26 heavy (non-hydrogen) atoms. The maximum Gasteiger partial charge on any atom is 0.336 e. The number of rotatable bonds is 9. The molecule has 6 nitrogen and oxygen atoms in total. The van der Waals surface area contributed by atoms with Crippen molar-refractivity contribution >= 4 is 21.0 Å². The van der Waals surface area contributed by atoms with Crippen molar-refractivity contribution in [1.29, 1.82) is 0 Å². The molecular formula is C19H28N2O4S. The molecule has 7 heteroatoms. The van der Waals surface area contributed by atoms with Crippen LogP contribution >= 0.6 is 0 Å². The summed E-state index contributed by atoms with van der Waals surface area (Å²) in [6.07, 6.45) is 0.924. The molecule has 1 N–H and O–H groups in total. The Kier molecular flexibility index (Phi) is 6.97. The van der Waals surface area contributed by atoms with E-state index in [1.807, 2.05) is 0 Å². The van der Waals surface area contributed by atoms with Gasteiger partial charge in [0.1, 0.15) is 5.58 Å². The zero-order chi connectivity index (χ0) is 19.3. The number of hydrogen-bond donors (Lipinski definition) is 1. The van der Waals surface area contributed by atoms with E-state index in [4.69, 9.17) is 4.42 Å². The van der Waals surface area contributed by atoms with E-state index in [1.54, 1.807) is 6.07 Å². The average molecular weight is 381 g/mol. The fourth-order valence-electron chi connectivity index (χ4n) is 3.15. The van der Waals surface area contributed by atoms with Crippen LogP contribution in [0.3, 0.4) is 0 Å². The number of benzene rings is 1. The molecule has 0 saturated carbocycles. The van der Waals surface area contributed by atoms with E-state index in [0.717, 1.165) is 19.5 Å². The zero-order valence-corrected chi connectivity index (χ0v) is 16.7. The lowest BCUT2D eigenvalue weighted by Gasteiger charge is -2.31. The summed E-state index contributed by atoms with van der Waals surface area (Å²) in [6.45, 7) is 10.6. The normalized spacial score (nSPS) is 13.6. The monoisotopic (exact) mass is 380 g/mol. The molecule has 2 aromatic rings. The molecule has 1 aromatic carbocycles. The molecule has 1 unspecified atom stereocenters. The Morgan fingerprint density at radius 2 is 1.81 bits per heavy atom. The molecular weight excluding hydrogens is 352 g/mol. The van der Waals surface area contributed by atoms with Gasteiger partial charge in [0.05, 0.1) is 4.90 Å². The maximum absolute atomic E-state index is 12.7. The Morgan fingerprint density at radius 3 is 2.42 bits per heavy atom. The predicted molar refractivity (Wildman–Crippen MR) is 104 cm³/mol. The summed E-state index contributed by atoms with van der Waals surface area (Å²) in [5, 5.41) is 0.579. The quantitative estimate of drug-likeness (QED) is 0.677. The fourth-order valence-corrected chi connectivity index (χ4v) is 4.26. The summed E-state index contributed by atoms with van der Waals surface area (Å²) in [5.41, 5.74) is -0.0840. The summed E-state index contributed by atoms with van der Waals surface area (Å²) in [4.78, 5) is 13.7. The second-order valence-electron chi connectivity index (χ2n) is 6.81. The van der Waals surface area contributed by atoms with Gasteiger partial charge in [-0.05, 0) is 49.7 Å². The minimum atomic E-state index is -3.64. The Morgan fingerprint density at radius 1 is 1.12 bits per heavy atom. The standard InChI is InChI=1S/C19H28N2O4S/c1-5-21(6-2)16(11-14(3)4)13-20-26(23,24)17-8-9-18-15(12-17)7-10-19(22)25-18/h7-10,12,14,16,20H,5-6,11,13H2,1-4H3. The van der Waals surface area contributed by atoms with Crippen LogP contribution in [0.4, 0.5) is 0 Å². The van der Waals surface area contributed by atoms with Crippen molar-refractivity contribution in [3.8, 4) is 0 Å². The van der Waals surface area contributed by atoms with E-state index < -0.39 is 15.6 Å². The Labute approximate surface area is 155 Å². The number of nitrogens with one attached hydrogen (secondary N) is 1. The highest BCUT2D eigenvalue weighted by Crippen LogP contribution is 2.18. The average Bonchev–Trinajstić information content (AvgIpc) is 2.59. The highest BCUT2D eigenvalue weighted by molar-refractivity contribution is 7.89. The van der Waals surface area contributed by atoms with Gasteiger partial charge in [-0.3, -0.25) is 4.90 Å². The van der Waals surface area contributed by atoms with Crippen LogP contribution in [-0.2, 0) is 10.0 Å². The summed E-state index contributed by atoms with van der Waals surface area (Å²) in [5.74, 6) is 0.480. The molecule has 0 fully saturated rings. The van der Waals surface area contributed by atoms with Crippen molar-refractivity contribution in [1.82, 2.24) is 9.62 Å². The molecule has 1 heterocycles. The Hall–Kier alpha value is -1.70.